The van der Waals surface area contributed by atoms with Gasteiger partial charge >= 0.3 is 0 Å². The molecule has 1 amide bonds. The van der Waals surface area contributed by atoms with Crippen LogP contribution in [0.4, 0.5) is 0 Å². The van der Waals surface area contributed by atoms with E-state index >= 15 is 0 Å². The van der Waals surface area contributed by atoms with Crippen molar-refractivity contribution < 1.29 is 4.79 Å². The summed E-state index contributed by atoms with van der Waals surface area (Å²) in [5.74, 6) is -0.136. The molecule has 0 unspecified atom stereocenters. The fourth-order valence-electron chi connectivity index (χ4n) is 2.96. The molecule has 26 heavy (non-hydrogen) atoms. The van der Waals surface area contributed by atoms with Crippen molar-refractivity contribution in [3.63, 3.8) is 0 Å². The molecule has 0 atom stereocenters. The molecule has 2 aromatic heterocycles. The standard InChI is InChI=1S/C20H19N5O/c1-23(13-14-24-12-11-16-7-5-6-10-19(16)24)20(26)18-15-25(22-21-18)17-8-3-2-4-9-17/h2-12,15H,13-14H2,1H3. The molecule has 0 saturated carbocycles. The van der Waals surface area contributed by atoms with Crippen LogP contribution < -0.4 is 0 Å². The second-order valence-electron chi connectivity index (χ2n) is 6.18. The Morgan fingerprint density at radius 2 is 1.81 bits per heavy atom. The summed E-state index contributed by atoms with van der Waals surface area (Å²) in [5.41, 5.74) is 2.39. The zero-order valence-electron chi connectivity index (χ0n) is 14.5. The van der Waals surface area contributed by atoms with E-state index in [0.717, 1.165) is 12.2 Å². The molecule has 6 heteroatoms. The Hall–Kier alpha value is -3.41. The highest BCUT2D eigenvalue weighted by Crippen LogP contribution is 2.15. The van der Waals surface area contributed by atoms with Gasteiger partial charge in [-0.15, -0.1) is 5.10 Å². The van der Waals surface area contributed by atoms with Crippen molar-refractivity contribution in [3.8, 4) is 5.69 Å². The Balaban J connectivity index is 1.44. The molecule has 0 spiro atoms. The number of para-hydroxylation sites is 2. The van der Waals surface area contributed by atoms with Crippen LogP contribution in [0.5, 0.6) is 0 Å². The van der Waals surface area contributed by atoms with Crippen molar-refractivity contribution in [2.75, 3.05) is 13.6 Å². The number of fused-ring (bicyclic) bond motifs is 1. The molecular weight excluding hydrogens is 326 g/mol. The zero-order chi connectivity index (χ0) is 17.9. The number of carbonyl (C=O) groups excluding carboxylic acids is 1. The summed E-state index contributed by atoms with van der Waals surface area (Å²) in [6.07, 6.45) is 3.72. The van der Waals surface area contributed by atoms with Crippen molar-refractivity contribution in [2.24, 2.45) is 0 Å². The quantitative estimate of drug-likeness (QED) is 0.559. The number of hydrogen-bond acceptors (Lipinski definition) is 3. The maximum atomic E-state index is 12.6. The van der Waals surface area contributed by atoms with Gasteiger partial charge in [-0.05, 0) is 29.7 Å². The predicted octanol–water partition coefficient (Wildman–Crippen LogP) is 2.99. The molecule has 2 aromatic carbocycles. The number of rotatable bonds is 5. The molecule has 0 aliphatic heterocycles. The average Bonchev–Trinajstić information content (AvgIpc) is 3.34. The van der Waals surface area contributed by atoms with Gasteiger partial charge in [0.2, 0.25) is 0 Å². The number of amides is 1. The molecule has 2 heterocycles. The Morgan fingerprint density at radius 3 is 2.65 bits per heavy atom. The van der Waals surface area contributed by atoms with Crippen molar-refractivity contribution in [3.05, 3.63) is 78.8 Å². The van der Waals surface area contributed by atoms with Crippen LogP contribution in [-0.2, 0) is 6.54 Å². The molecule has 0 N–H and O–H groups in total. The van der Waals surface area contributed by atoms with E-state index in [4.69, 9.17) is 0 Å². The summed E-state index contributed by atoms with van der Waals surface area (Å²) in [4.78, 5) is 14.3. The molecule has 4 aromatic rings. The first-order valence-electron chi connectivity index (χ1n) is 8.49. The minimum atomic E-state index is -0.136. The summed E-state index contributed by atoms with van der Waals surface area (Å²) in [6, 6.07) is 19.9. The lowest BCUT2D eigenvalue weighted by atomic mass is 10.2. The van der Waals surface area contributed by atoms with Crippen LogP contribution in [-0.4, -0.2) is 44.0 Å². The zero-order valence-corrected chi connectivity index (χ0v) is 14.5. The molecule has 4 rings (SSSR count). The van der Waals surface area contributed by atoms with Gasteiger partial charge in [-0.3, -0.25) is 4.79 Å². The summed E-state index contributed by atoms with van der Waals surface area (Å²) < 4.78 is 3.76. The molecule has 0 aliphatic rings. The second-order valence-corrected chi connectivity index (χ2v) is 6.18. The Kier molecular flexibility index (Phi) is 4.23. The van der Waals surface area contributed by atoms with Crippen LogP contribution in [0.1, 0.15) is 10.5 Å². The molecule has 0 radical (unpaired) electrons. The molecule has 130 valence electrons. The number of benzene rings is 2. The average molecular weight is 345 g/mol. The van der Waals surface area contributed by atoms with Gasteiger partial charge < -0.3 is 9.47 Å². The van der Waals surface area contributed by atoms with Gasteiger partial charge in [0.25, 0.3) is 5.91 Å². The summed E-state index contributed by atoms with van der Waals surface area (Å²) in [5, 5.41) is 9.28. The summed E-state index contributed by atoms with van der Waals surface area (Å²) >= 11 is 0. The second kappa shape index (κ2) is 6.84. The lowest BCUT2D eigenvalue weighted by molar-refractivity contribution is 0.0785. The van der Waals surface area contributed by atoms with Gasteiger partial charge in [0.05, 0.1) is 11.9 Å². The molecule has 0 fully saturated rings. The maximum absolute atomic E-state index is 12.6. The summed E-state index contributed by atoms with van der Waals surface area (Å²) in [6.45, 7) is 1.32. The number of likely N-dealkylation sites (N-methyl/N-ethyl adjacent to an activating group) is 1. The SMILES string of the molecule is CN(CCn1ccc2ccccc21)C(=O)c1cn(-c2ccccc2)nn1. The largest absolute Gasteiger partial charge is 0.346 e. The smallest absolute Gasteiger partial charge is 0.275 e. The Morgan fingerprint density at radius 1 is 1.04 bits per heavy atom. The molecule has 0 bridgehead atoms. The molecule has 0 saturated heterocycles. The van der Waals surface area contributed by atoms with Gasteiger partial charge in [-0.2, -0.15) is 0 Å². The van der Waals surface area contributed by atoms with E-state index in [-0.39, 0.29) is 5.91 Å². The third-order valence-corrected chi connectivity index (χ3v) is 4.44. The van der Waals surface area contributed by atoms with Gasteiger partial charge in [0.1, 0.15) is 0 Å². The maximum Gasteiger partial charge on any atom is 0.275 e. The third-order valence-electron chi connectivity index (χ3n) is 4.44. The number of aromatic nitrogens is 4. The topological polar surface area (TPSA) is 56.0 Å². The monoisotopic (exact) mass is 345 g/mol. The van der Waals surface area contributed by atoms with E-state index in [1.165, 1.54) is 10.9 Å². The highest BCUT2D eigenvalue weighted by molar-refractivity contribution is 5.91. The van der Waals surface area contributed by atoms with Crippen LogP contribution in [0, 0.1) is 0 Å². The number of hydrogen-bond donors (Lipinski definition) is 0. The molecular formula is C20H19N5O. The van der Waals surface area contributed by atoms with E-state index < -0.39 is 0 Å². The van der Waals surface area contributed by atoms with Crippen molar-refractivity contribution >= 4 is 16.8 Å². The van der Waals surface area contributed by atoms with Gasteiger partial charge in [0.15, 0.2) is 5.69 Å². The van der Waals surface area contributed by atoms with E-state index in [1.54, 1.807) is 22.8 Å². The highest BCUT2D eigenvalue weighted by atomic mass is 16.2. The fraction of sp³-hybridized carbons (Fsp3) is 0.150. The molecule has 6 nitrogen and oxygen atoms in total. The Bertz CT molecular complexity index is 1030. The lowest BCUT2D eigenvalue weighted by Gasteiger charge is -2.16. The van der Waals surface area contributed by atoms with Crippen LogP contribution in [0.15, 0.2) is 73.1 Å². The third kappa shape index (κ3) is 3.09. The number of nitrogens with zero attached hydrogens (tertiary/aromatic N) is 5. The first kappa shape index (κ1) is 16.1. The van der Waals surface area contributed by atoms with Gasteiger partial charge in [-0.1, -0.05) is 41.6 Å². The number of carbonyl (C=O) groups is 1. The molecule has 0 aliphatic carbocycles. The fourth-order valence-corrected chi connectivity index (χ4v) is 2.96. The normalized spacial score (nSPS) is 11.0. The highest BCUT2D eigenvalue weighted by Gasteiger charge is 2.16. The van der Waals surface area contributed by atoms with E-state index in [0.29, 0.717) is 12.2 Å². The Labute approximate surface area is 151 Å². The van der Waals surface area contributed by atoms with Gasteiger partial charge in [-0.25, -0.2) is 4.68 Å². The van der Waals surface area contributed by atoms with E-state index in [1.807, 2.05) is 42.5 Å². The first-order valence-corrected chi connectivity index (χ1v) is 8.49. The van der Waals surface area contributed by atoms with Gasteiger partial charge in [0, 0.05) is 31.9 Å². The van der Waals surface area contributed by atoms with Crippen molar-refractivity contribution in [1.29, 1.82) is 0 Å². The van der Waals surface area contributed by atoms with Crippen LogP contribution in [0.3, 0.4) is 0 Å². The minimum absolute atomic E-state index is 0.136. The van der Waals surface area contributed by atoms with Crippen molar-refractivity contribution in [2.45, 2.75) is 6.54 Å². The minimum Gasteiger partial charge on any atom is -0.346 e. The first-order chi connectivity index (χ1) is 12.7. The van der Waals surface area contributed by atoms with Crippen LogP contribution in [0.25, 0.3) is 16.6 Å². The van der Waals surface area contributed by atoms with Crippen molar-refractivity contribution in [1.82, 2.24) is 24.5 Å². The van der Waals surface area contributed by atoms with E-state index in [2.05, 4.69) is 39.3 Å². The predicted molar refractivity (Wildman–Crippen MR) is 100 cm³/mol. The van der Waals surface area contributed by atoms with Crippen LogP contribution in [0.2, 0.25) is 0 Å². The van der Waals surface area contributed by atoms with Crippen LogP contribution >= 0.6 is 0 Å². The van der Waals surface area contributed by atoms with E-state index in [9.17, 15) is 4.79 Å². The lowest BCUT2D eigenvalue weighted by Crippen LogP contribution is -2.30. The summed E-state index contributed by atoms with van der Waals surface area (Å²) in [7, 11) is 1.79.